The van der Waals surface area contributed by atoms with Gasteiger partial charge < -0.3 is 15.0 Å². The molecular weight excluding hydrogens is 224 g/mol. The molecule has 16 heavy (non-hydrogen) atoms. The quantitative estimate of drug-likeness (QED) is 0.798. The SMILES string of the molecule is COc1cc2c3c([nH]c2cc1Cl)CNCC3. The predicted molar refractivity (Wildman–Crippen MR) is 65.3 cm³/mol. The number of hydrogen-bond acceptors (Lipinski definition) is 2. The molecule has 0 radical (unpaired) electrons. The topological polar surface area (TPSA) is 37.0 Å². The molecule has 1 aliphatic heterocycles. The molecule has 3 nitrogen and oxygen atoms in total. The van der Waals surface area contributed by atoms with Gasteiger partial charge in [0, 0.05) is 23.1 Å². The van der Waals surface area contributed by atoms with E-state index in [0.29, 0.717) is 5.02 Å². The van der Waals surface area contributed by atoms with Crippen LogP contribution in [0.5, 0.6) is 5.75 Å². The molecule has 0 bridgehead atoms. The lowest BCUT2D eigenvalue weighted by Crippen LogP contribution is -2.22. The van der Waals surface area contributed by atoms with E-state index >= 15 is 0 Å². The van der Waals surface area contributed by atoms with Gasteiger partial charge in [-0.2, -0.15) is 0 Å². The summed E-state index contributed by atoms with van der Waals surface area (Å²) in [4.78, 5) is 3.41. The lowest BCUT2D eigenvalue weighted by Gasteiger charge is -2.12. The number of halogens is 1. The van der Waals surface area contributed by atoms with Crippen molar-refractivity contribution < 1.29 is 4.74 Å². The zero-order valence-corrected chi connectivity index (χ0v) is 9.82. The average molecular weight is 237 g/mol. The van der Waals surface area contributed by atoms with E-state index in [1.165, 1.54) is 16.6 Å². The number of H-pyrrole nitrogens is 1. The fraction of sp³-hybridized carbons (Fsp3) is 0.333. The van der Waals surface area contributed by atoms with Crippen molar-refractivity contribution in [3.8, 4) is 5.75 Å². The van der Waals surface area contributed by atoms with E-state index in [1.807, 2.05) is 12.1 Å². The van der Waals surface area contributed by atoms with Gasteiger partial charge in [-0.3, -0.25) is 0 Å². The van der Waals surface area contributed by atoms with Gasteiger partial charge in [-0.1, -0.05) is 11.6 Å². The highest BCUT2D eigenvalue weighted by atomic mass is 35.5. The molecule has 0 atom stereocenters. The second-order valence-corrected chi connectivity index (χ2v) is 4.45. The van der Waals surface area contributed by atoms with E-state index in [2.05, 4.69) is 10.3 Å². The van der Waals surface area contributed by atoms with E-state index in [0.717, 1.165) is 30.8 Å². The Morgan fingerprint density at radius 2 is 2.25 bits per heavy atom. The van der Waals surface area contributed by atoms with Crippen LogP contribution < -0.4 is 10.1 Å². The number of fused-ring (bicyclic) bond motifs is 3. The van der Waals surface area contributed by atoms with Crippen molar-refractivity contribution in [2.75, 3.05) is 13.7 Å². The highest BCUT2D eigenvalue weighted by Crippen LogP contribution is 2.33. The molecule has 2 heterocycles. The fourth-order valence-electron chi connectivity index (χ4n) is 2.33. The predicted octanol–water partition coefficient (Wildman–Crippen LogP) is 2.48. The monoisotopic (exact) mass is 236 g/mol. The Labute approximate surface area is 98.7 Å². The van der Waals surface area contributed by atoms with Crippen LogP contribution in [0.2, 0.25) is 5.02 Å². The zero-order valence-electron chi connectivity index (χ0n) is 9.06. The van der Waals surface area contributed by atoms with Gasteiger partial charge in [0.25, 0.3) is 0 Å². The number of aromatic amines is 1. The third-order valence-corrected chi connectivity index (χ3v) is 3.42. The van der Waals surface area contributed by atoms with Crippen LogP contribution in [-0.4, -0.2) is 18.6 Å². The van der Waals surface area contributed by atoms with Gasteiger partial charge >= 0.3 is 0 Å². The summed E-state index contributed by atoms with van der Waals surface area (Å²) in [5, 5.41) is 5.24. The van der Waals surface area contributed by atoms with Gasteiger partial charge in [0.2, 0.25) is 0 Å². The van der Waals surface area contributed by atoms with Gasteiger partial charge in [-0.15, -0.1) is 0 Å². The van der Waals surface area contributed by atoms with Gasteiger partial charge in [-0.25, -0.2) is 0 Å². The van der Waals surface area contributed by atoms with Gasteiger partial charge in [0.05, 0.1) is 12.1 Å². The number of methoxy groups -OCH3 is 1. The Kier molecular flexibility index (Phi) is 2.30. The lowest BCUT2D eigenvalue weighted by atomic mass is 10.0. The molecule has 0 aliphatic carbocycles. The smallest absolute Gasteiger partial charge is 0.138 e. The summed E-state index contributed by atoms with van der Waals surface area (Å²) in [5.74, 6) is 0.745. The lowest BCUT2D eigenvalue weighted by molar-refractivity contribution is 0.415. The molecule has 84 valence electrons. The van der Waals surface area contributed by atoms with E-state index in [1.54, 1.807) is 7.11 Å². The van der Waals surface area contributed by atoms with Gasteiger partial charge in [0.1, 0.15) is 5.75 Å². The van der Waals surface area contributed by atoms with Crippen LogP contribution in [0.25, 0.3) is 10.9 Å². The van der Waals surface area contributed by atoms with Crippen molar-refractivity contribution in [1.29, 1.82) is 0 Å². The van der Waals surface area contributed by atoms with Gasteiger partial charge in [0.15, 0.2) is 0 Å². The first-order chi connectivity index (χ1) is 7.79. The molecule has 0 amide bonds. The number of ether oxygens (including phenoxy) is 1. The molecule has 1 aliphatic rings. The number of hydrogen-bond donors (Lipinski definition) is 2. The maximum Gasteiger partial charge on any atom is 0.138 e. The van der Waals surface area contributed by atoms with Crippen LogP contribution in [0, 0.1) is 0 Å². The third kappa shape index (κ3) is 1.39. The molecule has 4 heteroatoms. The molecule has 2 N–H and O–H groups in total. The summed E-state index contributed by atoms with van der Waals surface area (Å²) >= 11 is 6.11. The zero-order chi connectivity index (χ0) is 11.1. The Hall–Kier alpha value is -1.19. The summed E-state index contributed by atoms with van der Waals surface area (Å²) in [6, 6.07) is 3.96. The summed E-state index contributed by atoms with van der Waals surface area (Å²) in [6.07, 6.45) is 1.06. The highest BCUT2D eigenvalue weighted by molar-refractivity contribution is 6.32. The molecule has 0 saturated heterocycles. The molecule has 0 saturated carbocycles. The molecule has 0 unspecified atom stereocenters. The summed E-state index contributed by atoms with van der Waals surface area (Å²) in [7, 11) is 1.65. The van der Waals surface area contributed by atoms with Crippen LogP contribution in [0.15, 0.2) is 12.1 Å². The van der Waals surface area contributed by atoms with E-state index in [9.17, 15) is 0 Å². The van der Waals surface area contributed by atoms with Crippen LogP contribution in [-0.2, 0) is 13.0 Å². The van der Waals surface area contributed by atoms with Crippen molar-refractivity contribution >= 4 is 22.5 Å². The standard InChI is InChI=1S/C12H13ClN2O/c1-16-12-4-8-7-2-3-14-6-11(7)15-10(8)5-9(12)13/h4-5,14-15H,2-3,6H2,1H3. The van der Waals surface area contributed by atoms with Crippen LogP contribution in [0.3, 0.4) is 0 Å². The fourth-order valence-corrected chi connectivity index (χ4v) is 2.57. The van der Waals surface area contributed by atoms with E-state index in [4.69, 9.17) is 16.3 Å². The van der Waals surface area contributed by atoms with Crippen LogP contribution in [0.4, 0.5) is 0 Å². The first kappa shape index (κ1) is 10.00. The second-order valence-electron chi connectivity index (χ2n) is 4.04. The molecular formula is C12H13ClN2O. The summed E-state index contributed by atoms with van der Waals surface area (Å²) in [6.45, 7) is 1.94. The number of rotatable bonds is 1. The number of aromatic nitrogens is 1. The second kappa shape index (κ2) is 3.68. The van der Waals surface area contributed by atoms with Crippen molar-refractivity contribution in [1.82, 2.24) is 10.3 Å². The number of nitrogens with one attached hydrogen (secondary N) is 2. The largest absolute Gasteiger partial charge is 0.495 e. The first-order valence-corrected chi connectivity index (χ1v) is 5.75. The molecule has 1 aromatic carbocycles. The molecule has 1 aromatic heterocycles. The normalized spacial score (nSPS) is 15.1. The Balaban J connectivity index is 2.27. The highest BCUT2D eigenvalue weighted by Gasteiger charge is 2.16. The van der Waals surface area contributed by atoms with Crippen molar-refractivity contribution in [2.24, 2.45) is 0 Å². The van der Waals surface area contributed by atoms with Gasteiger partial charge in [-0.05, 0) is 30.7 Å². The molecule has 2 aromatic rings. The minimum absolute atomic E-state index is 0.654. The van der Waals surface area contributed by atoms with E-state index < -0.39 is 0 Å². The summed E-state index contributed by atoms with van der Waals surface area (Å²) < 4.78 is 5.25. The van der Waals surface area contributed by atoms with Crippen molar-refractivity contribution in [3.63, 3.8) is 0 Å². The minimum Gasteiger partial charge on any atom is -0.495 e. The van der Waals surface area contributed by atoms with Crippen LogP contribution in [0.1, 0.15) is 11.3 Å². The maximum atomic E-state index is 6.11. The Morgan fingerprint density at radius 1 is 1.38 bits per heavy atom. The Morgan fingerprint density at radius 3 is 3.06 bits per heavy atom. The average Bonchev–Trinajstić information content (AvgIpc) is 2.65. The van der Waals surface area contributed by atoms with Crippen LogP contribution >= 0.6 is 11.6 Å². The molecule has 0 fully saturated rings. The first-order valence-electron chi connectivity index (χ1n) is 5.37. The third-order valence-electron chi connectivity index (χ3n) is 3.12. The minimum atomic E-state index is 0.654. The molecule has 3 rings (SSSR count). The molecule has 0 spiro atoms. The van der Waals surface area contributed by atoms with E-state index in [-0.39, 0.29) is 0 Å². The number of benzene rings is 1. The maximum absolute atomic E-state index is 6.11. The van der Waals surface area contributed by atoms with Crippen molar-refractivity contribution in [2.45, 2.75) is 13.0 Å². The van der Waals surface area contributed by atoms with Crippen molar-refractivity contribution in [3.05, 3.63) is 28.4 Å². The summed E-state index contributed by atoms with van der Waals surface area (Å²) in [5.41, 5.74) is 3.76. The Bertz CT molecular complexity index is 547.